The number of nitrogens with zero attached hydrogens (tertiary/aromatic N) is 3. The average Bonchev–Trinajstić information content (AvgIpc) is 3.02. The predicted molar refractivity (Wildman–Crippen MR) is 109 cm³/mol. The first-order valence-corrected chi connectivity index (χ1v) is 8.97. The fourth-order valence-corrected chi connectivity index (χ4v) is 3.92. The lowest BCUT2D eigenvalue weighted by Crippen LogP contribution is -2.39. The van der Waals surface area contributed by atoms with Crippen LogP contribution in [0.4, 0.5) is 0 Å². The van der Waals surface area contributed by atoms with E-state index >= 15 is 0 Å². The monoisotopic (exact) mass is 375 g/mol. The summed E-state index contributed by atoms with van der Waals surface area (Å²) in [6.07, 6.45) is 1.35. The number of para-hydroxylation sites is 1. The van der Waals surface area contributed by atoms with Gasteiger partial charge in [-0.15, -0.1) is 0 Å². The molecule has 0 saturated heterocycles. The molecule has 0 fully saturated rings. The Hall–Kier alpha value is -3.45. The lowest BCUT2D eigenvalue weighted by molar-refractivity contribution is 0.376. The Morgan fingerprint density at radius 2 is 1.75 bits per heavy atom. The molecule has 7 heteroatoms. The summed E-state index contributed by atoms with van der Waals surface area (Å²) in [5, 5.41) is 2.31. The number of hydrogen-bond donors (Lipinski definition) is 0. The average molecular weight is 375 g/mol. The van der Waals surface area contributed by atoms with Crippen LogP contribution in [-0.2, 0) is 6.54 Å². The van der Waals surface area contributed by atoms with Crippen molar-refractivity contribution in [3.63, 3.8) is 0 Å². The number of aromatic nitrogens is 2. The van der Waals surface area contributed by atoms with E-state index in [1.54, 1.807) is 28.7 Å². The van der Waals surface area contributed by atoms with Crippen LogP contribution in [0.3, 0.4) is 0 Å². The molecule has 7 nitrogen and oxygen atoms in total. The highest BCUT2D eigenvalue weighted by Gasteiger charge is 2.21. The molecular weight excluding hydrogens is 358 g/mol. The third kappa shape index (κ3) is 2.10. The Labute approximate surface area is 158 Å². The van der Waals surface area contributed by atoms with Crippen LogP contribution in [0, 0.1) is 0 Å². The van der Waals surface area contributed by atoms with Crippen molar-refractivity contribution in [2.75, 3.05) is 20.6 Å². The molecule has 5 rings (SSSR count). The molecule has 0 unspecified atom stereocenters. The SMILES string of the molecule is CN(C)CCn1c(=O)c2cccc3c4c5occc(=O)c5ccc4n(c1=O)c23. The number of benzene rings is 2. The summed E-state index contributed by atoms with van der Waals surface area (Å²) in [6, 6.07) is 10.1. The topological polar surface area (TPSA) is 76.9 Å². The zero-order valence-electron chi connectivity index (χ0n) is 15.4. The van der Waals surface area contributed by atoms with Gasteiger partial charge < -0.3 is 9.32 Å². The van der Waals surface area contributed by atoms with E-state index in [1.165, 1.54) is 16.9 Å². The summed E-state index contributed by atoms with van der Waals surface area (Å²) in [5.74, 6) is 0. The molecule has 0 amide bonds. The Kier molecular flexibility index (Phi) is 3.44. The third-order valence-corrected chi connectivity index (χ3v) is 5.24. The van der Waals surface area contributed by atoms with E-state index in [0.29, 0.717) is 45.9 Å². The van der Waals surface area contributed by atoms with Crippen molar-refractivity contribution in [2.24, 2.45) is 0 Å². The van der Waals surface area contributed by atoms with Gasteiger partial charge in [0, 0.05) is 24.5 Å². The van der Waals surface area contributed by atoms with Crippen molar-refractivity contribution >= 4 is 38.2 Å². The maximum absolute atomic E-state index is 13.3. The van der Waals surface area contributed by atoms with E-state index in [0.717, 1.165) is 5.39 Å². The van der Waals surface area contributed by atoms with Crippen LogP contribution in [0.1, 0.15) is 0 Å². The second-order valence-corrected chi connectivity index (χ2v) is 7.20. The summed E-state index contributed by atoms with van der Waals surface area (Å²) in [7, 11) is 3.79. The smallest absolute Gasteiger partial charge is 0.336 e. The van der Waals surface area contributed by atoms with Gasteiger partial charge in [-0.3, -0.25) is 18.6 Å². The minimum atomic E-state index is -0.386. The van der Waals surface area contributed by atoms with Gasteiger partial charge in [0.1, 0.15) is 5.58 Å². The summed E-state index contributed by atoms with van der Waals surface area (Å²) in [4.78, 5) is 40.4. The molecule has 0 atom stereocenters. The molecule has 3 aromatic heterocycles. The molecule has 2 aromatic carbocycles. The van der Waals surface area contributed by atoms with Gasteiger partial charge in [-0.1, -0.05) is 12.1 Å². The number of fused-ring (bicyclic) bond motifs is 5. The Morgan fingerprint density at radius 1 is 0.964 bits per heavy atom. The minimum absolute atomic E-state index is 0.148. The van der Waals surface area contributed by atoms with E-state index < -0.39 is 0 Å². The van der Waals surface area contributed by atoms with Crippen molar-refractivity contribution in [2.45, 2.75) is 6.54 Å². The summed E-state index contributed by atoms with van der Waals surface area (Å²) in [6.45, 7) is 0.864. The number of hydrogen-bond acceptors (Lipinski definition) is 5. The third-order valence-electron chi connectivity index (χ3n) is 5.24. The molecule has 0 spiro atoms. The first kappa shape index (κ1) is 16.7. The molecule has 0 radical (unpaired) electrons. The summed E-state index contributed by atoms with van der Waals surface area (Å²) < 4.78 is 8.50. The second kappa shape index (κ2) is 5.77. The number of likely N-dealkylation sites (N-methyl/N-ethyl adjacent to an activating group) is 1. The maximum atomic E-state index is 13.3. The molecule has 0 bridgehead atoms. The Bertz CT molecular complexity index is 1560. The van der Waals surface area contributed by atoms with Crippen LogP contribution in [-0.4, -0.2) is 34.5 Å². The molecule has 5 aromatic rings. The molecule has 0 saturated carbocycles. The van der Waals surface area contributed by atoms with Gasteiger partial charge in [-0.2, -0.15) is 0 Å². The molecular formula is C21H17N3O4. The van der Waals surface area contributed by atoms with Crippen molar-refractivity contribution < 1.29 is 4.42 Å². The Morgan fingerprint density at radius 3 is 2.54 bits per heavy atom. The fraction of sp³-hybridized carbons (Fsp3) is 0.190. The zero-order chi connectivity index (χ0) is 19.6. The normalized spacial score (nSPS) is 12.2. The van der Waals surface area contributed by atoms with Crippen molar-refractivity contribution in [1.29, 1.82) is 0 Å². The molecule has 0 N–H and O–H groups in total. The largest absolute Gasteiger partial charge is 0.463 e. The van der Waals surface area contributed by atoms with Gasteiger partial charge in [0.25, 0.3) is 5.56 Å². The highest BCUT2D eigenvalue weighted by molar-refractivity contribution is 6.21. The van der Waals surface area contributed by atoms with Crippen LogP contribution in [0.2, 0.25) is 0 Å². The number of rotatable bonds is 3. The first-order valence-electron chi connectivity index (χ1n) is 8.97. The predicted octanol–water partition coefficient (Wildman–Crippen LogP) is 1.87. The molecule has 0 aliphatic heterocycles. The fourth-order valence-electron chi connectivity index (χ4n) is 3.92. The van der Waals surface area contributed by atoms with Gasteiger partial charge in [0.2, 0.25) is 0 Å². The van der Waals surface area contributed by atoms with Gasteiger partial charge in [0.05, 0.1) is 33.5 Å². The quantitative estimate of drug-likeness (QED) is 0.481. The van der Waals surface area contributed by atoms with Crippen LogP contribution < -0.4 is 16.7 Å². The van der Waals surface area contributed by atoms with Crippen LogP contribution >= 0.6 is 0 Å². The summed E-state index contributed by atoms with van der Waals surface area (Å²) in [5.41, 5.74) is 0.768. The van der Waals surface area contributed by atoms with Crippen molar-refractivity contribution in [3.05, 3.63) is 73.7 Å². The van der Waals surface area contributed by atoms with E-state index in [2.05, 4.69) is 0 Å². The molecule has 0 aliphatic carbocycles. The Balaban J connectivity index is 2.05. The minimum Gasteiger partial charge on any atom is -0.463 e. The second-order valence-electron chi connectivity index (χ2n) is 7.20. The standard InChI is InChI=1S/C21H17N3O4/c1-22(2)9-10-23-20(26)14-5-3-4-13-17-15(24(18(13)14)21(23)27)7-6-12-16(25)8-11-28-19(12)17/h3-8,11H,9-10H2,1-2H3. The molecule has 3 heterocycles. The van der Waals surface area contributed by atoms with Crippen LogP contribution in [0.15, 0.2) is 61.5 Å². The van der Waals surface area contributed by atoms with Crippen molar-refractivity contribution in [3.8, 4) is 0 Å². The molecule has 140 valence electrons. The van der Waals surface area contributed by atoms with Crippen LogP contribution in [0.25, 0.3) is 38.2 Å². The van der Waals surface area contributed by atoms with Gasteiger partial charge in [0.15, 0.2) is 5.43 Å². The summed E-state index contributed by atoms with van der Waals surface area (Å²) >= 11 is 0. The van der Waals surface area contributed by atoms with E-state index in [9.17, 15) is 14.4 Å². The zero-order valence-corrected chi connectivity index (χ0v) is 15.4. The lowest BCUT2D eigenvalue weighted by Gasteiger charge is -2.12. The van der Waals surface area contributed by atoms with E-state index in [-0.39, 0.29) is 16.7 Å². The van der Waals surface area contributed by atoms with Gasteiger partial charge >= 0.3 is 5.69 Å². The lowest BCUT2D eigenvalue weighted by atomic mass is 10.1. The van der Waals surface area contributed by atoms with Gasteiger partial charge in [-0.25, -0.2) is 4.79 Å². The highest BCUT2D eigenvalue weighted by atomic mass is 16.3. The van der Waals surface area contributed by atoms with E-state index in [4.69, 9.17) is 4.42 Å². The van der Waals surface area contributed by atoms with Crippen molar-refractivity contribution in [1.82, 2.24) is 13.9 Å². The van der Waals surface area contributed by atoms with Crippen LogP contribution in [0.5, 0.6) is 0 Å². The molecule has 28 heavy (non-hydrogen) atoms. The maximum Gasteiger partial charge on any atom is 0.336 e. The van der Waals surface area contributed by atoms with E-state index in [1.807, 2.05) is 25.1 Å². The van der Waals surface area contributed by atoms with Gasteiger partial charge in [-0.05, 0) is 32.3 Å². The first-order chi connectivity index (χ1) is 13.5. The molecule has 0 aliphatic rings. The highest BCUT2D eigenvalue weighted by Crippen LogP contribution is 2.33.